The number of nitrogens with two attached hydrogens (primary N) is 1. The molecule has 0 radical (unpaired) electrons. The predicted octanol–water partition coefficient (Wildman–Crippen LogP) is -1.78. The van der Waals surface area contributed by atoms with Crippen molar-refractivity contribution in [2.75, 3.05) is 6.61 Å². The van der Waals surface area contributed by atoms with Crippen LogP contribution in [0.5, 0.6) is 0 Å². The first-order valence-electron chi connectivity index (χ1n) is 4.18. The number of primary amides is 1. The van der Waals surface area contributed by atoms with E-state index in [2.05, 4.69) is 0 Å². The second-order valence-corrected chi connectivity index (χ2v) is 3.33. The molecule has 12 heavy (non-hydrogen) atoms. The van der Waals surface area contributed by atoms with Gasteiger partial charge >= 0.3 is 0 Å². The van der Waals surface area contributed by atoms with Crippen LogP contribution in [0.25, 0.3) is 0 Å². The fourth-order valence-corrected chi connectivity index (χ4v) is 1.71. The van der Waals surface area contributed by atoms with E-state index in [4.69, 9.17) is 15.6 Å². The fraction of sp³-hybridized carbons (Fsp3) is 0.857. The van der Waals surface area contributed by atoms with E-state index < -0.39 is 0 Å². The Hall–Kier alpha value is -0.545. The van der Waals surface area contributed by atoms with Crippen LogP contribution in [0.15, 0.2) is 0 Å². The van der Waals surface area contributed by atoms with Crippen molar-refractivity contribution in [3.63, 3.8) is 0 Å². The van der Waals surface area contributed by atoms with Crippen LogP contribution in [0.3, 0.4) is 0 Å². The van der Waals surface area contributed by atoms with Crippen LogP contribution in [0.4, 0.5) is 0 Å². The molecule has 0 saturated carbocycles. The molecular formula is C7H14BNO3. The van der Waals surface area contributed by atoms with Gasteiger partial charge in [-0.2, -0.15) is 0 Å². The van der Waals surface area contributed by atoms with Crippen molar-refractivity contribution < 1.29 is 14.6 Å². The van der Waals surface area contributed by atoms with Gasteiger partial charge in [0.2, 0.25) is 5.91 Å². The Morgan fingerprint density at radius 2 is 2.42 bits per heavy atom. The first-order chi connectivity index (χ1) is 5.63. The number of aliphatic hydroxyl groups excluding tert-OH is 1. The molecule has 1 aliphatic heterocycles. The molecule has 1 rings (SSSR count). The number of aliphatic hydroxyl groups is 1. The highest BCUT2D eigenvalue weighted by atomic mass is 16.5. The Bertz CT molecular complexity index is 176. The van der Waals surface area contributed by atoms with Crippen molar-refractivity contribution in [1.82, 2.24) is 0 Å². The van der Waals surface area contributed by atoms with Crippen LogP contribution in [-0.4, -0.2) is 37.6 Å². The first-order valence-corrected chi connectivity index (χ1v) is 4.18. The SMILES string of the molecule is B[C@H]1CC(CC(N)=O)[C@@H](CO)O1. The molecule has 1 aliphatic rings. The first kappa shape index (κ1) is 9.54. The van der Waals surface area contributed by atoms with Gasteiger partial charge in [-0.3, -0.25) is 4.79 Å². The Morgan fingerprint density at radius 1 is 1.75 bits per heavy atom. The summed E-state index contributed by atoms with van der Waals surface area (Å²) in [6.07, 6.45) is 0.927. The number of amides is 1. The summed E-state index contributed by atoms with van der Waals surface area (Å²) in [6, 6.07) is 0.131. The third kappa shape index (κ3) is 2.22. The molecule has 0 aromatic carbocycles. The molecule has 68 valence electrons. The van der Waals surface area contributed by atoms with E-state index in [0.717, 1.165) is 6.42 Å². The molecule has 0 aliphatic carbocycles. The highest BCUT2D eigenvalue weighted by molar-refractivity contribution is 6.11. The van der Waals surface area contributed by atoms with E-state index in [1.165, 1.54) is 0 Å². The maximum absolute atomic E-state index is 10.6. The van der Waals surface area contributed by atoms with Gasteiger partial charge in [0, 0.05) is 12.4 Å². The number of hydrogen-bond acceptors (Lipinski definition) is 3. The van der Waals surface area contributed by atoms with E-state index in [9.17, 15) is 4.79 Å². The minimum absolute atomic E-state index is 0.0255. The summed E-state index contributed by atoms with van der Waals surface area (Å²) in [5.74, 6) is -0.223. The molecule has 1 heterocycles. The van der Waals surface area contributed by atoms with Gasteiger partial charge in [0.05, 0.1) is 12.7 Å². The molecule has 4 nitrogen and oxygen atoms in total. The topological polar surface area (TPSA) is 72.6 Å². The molecule has 0 aromatic rings. The van der Waals surface area contributed by atoms with Gasteiger partial charge in [0.1, 0.15) is 7.85 Å². The van der Waals surface area contributed by atoms with Gasteiger partial charge in [-0.1, -0.05) is 0 Å². The van der Waals surface area contributed by atoms with Crippen molar-refractivity contribution in [1.29, 1.82) is 0 Å². The predicted molar refractivity (Wildman–Crippen MR) is 46.2 cm³/mol. The highest BCUT2D eigenvalue weighted by Gasteiger charge is 2.32. The average Bonchev–Trinajstić information content (AvgIpc) is 2.29. The van der Waals surface area contributed by atoms with E-state index >= 15 is 0 Å². The Labute approximate surface area is 72.5 Å². The largest absolute Gasteiger partial charge is 0.394 e. The smallest absolute Gasteiger partial charge is 0.217 e. The van der Waals surface area contributed by atoms with Gasteiger partial charge in [0.15, 0.2) is 0 Å². The summed E-state index contributed by atoms with van der Waals surface area (Å²) in [5, 5.41) is 8.89. The molecule has 0 aromatic heterocycles. The molecule has 3 N–H and O–H groups in total. The van der Waals surface area contributed by atoms with Crippen molar-refractivity contribution in [2.24, 2.45) is 11.7 Å². The summed E-state index contributed by atoms with van der Waals surface area (Å²) in [7, 11) is 1.93. The van der Waals surface area contributed by atoms with Crippen molar-refractivity contribution in [3.05, 3.63) is 0 Å². The lowest BCUT2D eigenvalue weighted by atomic mass is 9.89. The second kappa shape index (κ2) is 3.91. The van der Waals surface area contributed by atoms with Crippen molar-refractivity contribution >= 4 is 13.8 Å². The second-order valence-electron chi connectivity index (χ2n) is 3.33. The quantitative estimate of drug-likeness (QED) is 0.493. The number of carbonyl (C=O) groups excluding carboxylic acids is 1. The van der Waals surface area contributed by atoms with E-state index in [-0.39, 0.29) is 30.5 Å². The van der Waals surface area contributed by atoms with Gasteiger partial charge < -0.3 is 15.6 Å². The molecule has 5 heteroatoms. The zero-order valence-corrected chi connectivity index (χ0v) is 7.19. The summed E-state index contributed by atoms with van der Waals surface area (Å²) in [4.78, 5) is 10.6. The zero-order chi connectivity index (χ0) is 9.14. The molecule has 0 spiro atoms. The summed E-state index contributed by atoms with van der Waals surface area (Å²) in [6.45, 7) is -0.0255. The van der Waals surface area contributed by atoms with Crippen LogP contribution < -0.4 is 5.73 Å². The Balaban J connectivity index is 2.46. The highest BCUT2D eigenvalue weighted by Crippen LogP contribution is 2.27. The maximum Gasteiger partial charge on any atom is 0.217 e. The normalized spacial score (nSPS) is 35.2. The average molecular weight is 171 g/mol. The van der Waals surface area contributed by atoms with Crippen LogP contribution >= 0.6 is 0 Å². The molecule has 1 saturated heterocycles. The lowest BCUT2D eigenvalue weighted by Gasteiger charge is -2.13. The number of hydrogen-bond donors (Lipinski definition) is 2. The maximum atomic E-state index is 10.6. The Morgan fingerprint density at radius 3 is 2.92 bits per heavy atom. The number of ether oxygens (including phenoxy) is 1. The standard InChI is InChI=1S/C7H14BNO3/c8-6-1-4(2-7(9)11)5(3-10)12-6/h4-6,10H,1-3,8H2,(H2,9,11)/t4?,5-,6-/m1/s1. The van der Waals surface area contributed by atoms with Crippen LogP contribution in [0.2, 0.25) is 0 Å². The Kier molecular flexibility index (Phi) is 3.11. The minimum atomic E-state index is -0.323. The third-order valence-electron chi connectivity index (χ3n) is 2.21. The summed E-state index contributed by atoms with van der Waals surface area (Å²) < 4.78 is 5.37. The molecule has 1 unspecified atom stereocenters. The van der Waals surface area contributed by atoms with E-state index in [1.807, 2.05) is 7.85 Å². The number of carbonyl (C=O) groups is 1. The summed E-state index contributed by atoms with van der Waals surface area (Å²) in [5.41, 5.74) is 5.06. The fourth-order valence-electron chi connectivity index (χ4n) is 1.71. The molecule has 1 fully saturated rings. The van der Waals surface area contributed by atoms with Gasteiger partial charge in [-0.25, -0.2) is 0 Å². The van der Waals surface area contributed by atoms with E-state index in [0.29, 0.717) is 6.42 Å². The van der Waals surface area contributed by atoms with Gasteiger partial charge in [-0.15, -0.1) is 0 Å². The molecular weight excluding hydrogens is 157 g/mol. The van der Waals surface area contributed by atoms with Crippen molar-refractivity contribution in [2.45, 2.75) is 24.9 Å². The lowest BCUT2D eigenvalue weighted by molar-refractivity contribution is -0.119. The van der Waals surface area contributed by atoms with Gasteiger partial charge in [0.25, 0.3) is 0 Å². The molecule has 1 amide bonds. The van der Waals surface area contributed by atoms with Gasteiger partial charge in [-0.05, 0) is 12.3 Å². The minimum Gasteiger partial charge on any atom is -0.394 e. The summed E-state index contributed by atoms with van der Waals surface area (Å²) >= 11 is 0. The number of rotatable bonds is 3. The third-order valence-corrected chi connectivity index (χ3v) is 2.21. The molecule has 0 bridgehead atoms. The molecule has 3 atom stereocenters. The van der Waals surface area contributed by atoms with Crippen molar-refractivity contribution in [3.8, 4) is 0 Å². The lowest BCUT2D eigenvalue weighted by Crippen LogP contribution is -2.25. The zero-order valence-electron chi connectivity index (χ0n) is 7.19. The van der Waals surface area contributed by atoms with Crippen LogP contribution in [-0.2, 0) is 9.53 Å². The monoisotopic (exact) mass is 171 g/mol. The van der Waals surface area contributed by atoms with Crippen LogP contribution in [0, 0.1) is 5.92 Å². The van der Waals surface area contributed by atoms with E-state index in [1.54, 1.807) is 0 Å². The van der Waals surface area contributed by atoms with Crippen LogP contribution in [0.1, 0.15) is 12.8 Å².